The molecule has 0 aliphatic heterocycles. The van der Waals surface area contributed by atoms with Gasteiger partial charge in [-0.15, -0.1) is 0 Å². The van der Waals surface area contributed by atoms with Gasteiger partial charge in [0.2, 0.25) is 0 Å². The zero-order chi connectivity index (χ0) is 9.97. The lowest BCUT2D eigenvalue weighted by molar-refractivity contribution is 0.0694. The molecule has 0 atom stereocenters. The molecule has 14 heavy (non-hydrogen) atoms. The van der Waals surface area contributed by atoms with Crippen LogP contribution in [0.15, 0.2) is 12.5 Å². The summed E-state index contributed by atoms with van der Waals surface area (Å²) in [5, 5.41) is 8.95. The van der Waals surface area contributed by atoms with Crippen LogP contribution in [0.5, 0.6) is 0 Å². The molecule has 0 aromatic carbocycles. The van der Waals surface area contributed by atoms with Crippen molar-refractivity contribution in [1.29, 1.82) is 0 Å². The molecule has 0 amide bonds. The molecule has 1 N–H and O–H groups in total. The number of hydrogen-bond donors (Lipinski definition) is 1. The van der Waals surface area contributed by atoms with E-state index < -0.39 is 5.97 Å². The summed E-state index contributed by atoms with van der Waals surface area (Å²) in [4.78, 5) is 18.7. The van der Waals surface area contributed by atoms with Gasteiger partial charge in [0.05, 0.1) is 11.3 Å². The second-order valence-corrected chi connectivity index (χ2v) is 3.61. The summed E-state index contributed by atoms with van der Waals surface area (Å²) in [5.74, 6) is -0.600. The molecule has 4 heteroatoms. The zero-order valence-corrected chi connectivity index (χ0v) is 7.81. The van der Waals surface area contributed by atoms with Gasteiger partial charge in [0.25, 0.3) is 0 Å². The standard InChI is InChI=1S/C10H12N2O2/c13-10(14)8-5-11-6-12-9(8)7-3-1-2-4-7/h5-7H,1-4H2,(H,13,14). The van der Waals surface area contributed by atoms with E-state index in [0.29, 0.717) is 11.6 Å². The fourth-order valence-electron chi connectivity index (χ4n) is 2.03. The number of carboxylic acid groups (broad SMARTS) is 1. The number of nitrogens with zero attached hydrogens (tertiary/aromatic N) is 2. The Bertz CT molecular complexity index is 346. The van der Waals surface area contributed by atoms with E-state index in [4.69, 9.17) is 5.11 Å². The topological polar surface area (TPSA) is 63.1 Å². The summed E-state index contributed by atoms with van der Waals surface area (Å²) < 4.78 is 0. The number of carboxylic acids is 1. The highest BCUT2D eigenvalue weighted by atomic mass is 16.4. The monoisotopic (exact) mass is 192 g/mol. The predicted molar refractivity (Wildman–Crippen MR) is 50.2 cm³/mol. The number of rotatable bonds is 2. The van der Waals surface area contributed by atoms with Gasteiger partial charge in [0, 0.05) is 12.1 Å². The van der Waals surface area contributed by atoms with Gasteiger partial charge >= 0.3 is 5.97 Å². The fraction of sp³-hybridized carbons (Fsp3) is 0.500. The van der Waals surface area contributed by atoms with Crippen LogP contribution in [0.25, 0.3) is 0 Å². The molecule has 1 fully saturated rings. The lowest BCUT2D eigenvalue weighted by atomic mass is 10.00. The molecule has 1 heterocycles. The van der Waals surface area contributed by atoms with Crippen LogP contribution in [-0.4, -0.2) is 21.0 Å². The summed E-state index contributed by atoms with van der Waals surface area (Å²) in [7, 11) is 0. The maximum atomic E-state index is 10.9. The van der Waals surface area contributed by atoms with Crippen LogP contribution in [0.3, 0.4) is 0 Å². The third-order valence-corrected chi connectivity index (χ3v) is 2.72. The minimum atomic E-state index is -0.924. The Hall–Kier alpha value is -1.45. The molecule has 1 aliphatic carbocycles. The van der Waals surface area contributed by atoms with E-state index in [2.05, 4.69) is 9.97 Å². The molecule has 0 bridgehead atoms. The SMILES string of the molecule is O=C(O)c1cncnc1C1CCCC1. The van der Waals surface area contributed by atoms with Crippen LogP contribution in [0.4, 0.5) is 0 Å². The van der Waals surface area contributed by atoms with Crippen molar-refractivity contribution >= 4 is 5.97 Å². The zero-order valence-electron chi connectivity index (χ0n) is 7.81. The largest absolute Gasteiger partial charge is 0.478 e. The number of aromatic nitrogens is 2. The number of hydrogen-bond acceptors (Lipinski definition) is 3. The minimum Gasteiger partial charge on any atom is -0.478 e. The van der Waals surface area contributed by atoms with Gasteiger partial charge in [0.1, 0.15) is 6.33 Å². The Morgan fingerprint density at radius 2 is 2.14 bits per heavy atom. The van der Waals surface area contributed by atoms with Crippen LogP contribution in [0, 0.1) is 0 Å². The van der Waals surface area contributed by atoms with Gasteiger partial charge in [0.15, 0.2) is 0 Å². The molecule has 0 unspecified atom stereocenters. The summed E-state index contributed by atoms with van der Waals surface area (Å²) in [5.41, 5.74) is 0.976. The molecule has 74 valence electrons. The number of aromatic carboxylic acids is 1. The summed E-state index contributed by atoms with van der Waals surface area (Å²) in [6.07, 6.45) is 7.28. The van der Waals surface area contributed by atoms with Crippen LogP contribution in [0.1, 0.15) is 47.7 Å². The van der Waals surface area contributed by atoms with Crippen molar-refractivity contribution in [1.82, 2.24) is 9.97 Å². The average molecular weight is 192 g/mol. The summed E-state index contributed by atoms with van der Waals surface area (Å²) in [6.45, 7) is 0. The van der Waals surface area contributed by atoms with Crippen molar-refractivity contribution in [3.05, 3.63) is 23.8 Å². The first-order valence-corrected chi connectivity index (χ1v) is 4.82. The van der Waals surface area contributed by atoms with Crippen LogP contribution >= 0.6 is 0 Å². The second kappa shape index (κ2) is 3.74. The van der Waals surface area contributed by atoms with Crippen LogP contribution in [-0.2, 0) is 0 Å². The van der Waals surface area contributed by atoms with E-state index >= 15 is 0 Å². The van der Waals surface area contributed by atoms with Crippen molar-refractivity contribution in [2.45, 2.75) is 31.6 Å². The second-order valence-electron chi connectivity index (χ2n) is 3.61. The molecule has 0 spiro atoms. The van der Waals surface area contributed by atoms with E-state index in [1.165, 1.54) is 25.4 Å². The van der Waals surface area contributed by atoms with Gasteiger partial charge in [-0.3, -0.25) is 0 Å². The van der Waals surface area contributed by atoms with E-state index in [-0.39, 0.29) is 5.56 Å². The Morgan fingerprint density at radius 1 is 1.43 bits per heavy atom. The maximum Gasteiger partial charge on any atom is 0.339 e. The highest BCUT2D eigenvalue weighted by Gasteiger charge is 2.23. The molecular formula is C10H12N2O2. The Morgan fingerprint density at radius 3 is 2.79 bits per heavy atom. The first-order valence-electron chi connectivity index (χ1n) is 4.82. The van der Waals surface area contributed by atoms with Crippen molar-refractivity contribution in [2.24, 2.45) is 0 Å². The third-order valence-electron chi connectivity index (χ3n) is 2.72. The van der Waals surface area contributed by atoms with E-state index in [1.54, 1.807) is 0 Å². The van der Waals surface area contributed by atoms with Crippen molar-refractivity contribution in [3.8, 4) is 0 Å². The predicted octanol–water partition coefficient (Wildman–Crippen LogP) is 1.83. The molecule has 1 aliphatic rings. The normalized spacial score (nSPS) is 17.1. The van der Waals surface area contributed by atoms with Gasteiger partial charge in [-0.1, -0.05) is 12.8 Å². The smallest absolute Gasteiger partial charge is 0.339 e. The van der Waals surface area contributed by atoms with Crippen LogP contribution in [0.2, 0.25) is 0 Å². The fourth-order valence-corrected chi connectivity index (χ4v) is 2.03. The van der Waals surface area contributed by atoms with Gasteiger partial charge < -0.3 is 5.11 Å². The molecule has 4 nitrogen and oxygen atoms in total. The first-order chi connectivity index (χ1) is 6.79. The highest BCUT2D eigenvalue weighted by molar-refractivity contribution is 5.88. The molecule has 1 aromatic heterocycles. The van der Waals surface area contributed by atoms with Crippen molar-refractivity contribution < 1.29 is 9.90 Å². The Balaban J connectivity index is 2.35. The van der Waals surface area contributed by atoms with Crippen LogP contribution < -0.4 is 0 Å². The summed E-state index contributed by atoms with van der Waals surface area (Å²) >= 11 is 0. The lowest BCUT2D eigenvalue weighted by Crippen LogP contribution is -2.08. The quantitative estimate of drug-likeness (QED) is 0.776. The lowest BCUT2D eigenvalue weighted by Gasteiger charge is -2.09. The first kappa shape index (κ1) is 9.12. The molecule has 1 saturated carbocycles. The van der Waals surface area contributed by atoms with Crippen molar-refractivity contribution in [3.63, 3.8) is 0 Å². The Labute approximate surface area is 82.0 Å². The maximum absolute atomic E-state index is 10.9. The van der Waals surface area contributed by atoms with Gasteiger partial charge in [-0.05, 0) is 12.8 Å². The molecule has 0 saturated heterocycles. The van der Waals surface area contributed by atoms with Gasteiger partial charge in [-0.25, -0.2) is 14.8 Å². The Kier molecular flexibility index (Phi) is 2.43. The highest BCUT2D eigenvalue weighted by Crippen LogP contribution is 2.34. The van der Waals surface area contributed by atoms with E-state index in [1.807, 2.05) is 0 Å². The van der Waals surface area contributed by atoms with Crippen molar-refractivity contribution in [2.75, 3.05) is 0 Å². The third kappa shape index (κ3) is 1.60. The minimum absolute atomic E-state index is 0.263. The van der Waals surface area contributed by atoms with E-state index in [9.17, 15) is 4.79 Å². The number of carbonyl (C=O) groups is 1. The molecule has 1 aromatic rings. The molecule has 0 radical (unpaired) electrons. The average Bonchev–Trinajstić information content (AvgIpc) is 2.70. The molecule has 2 rings (SSSR count). The van der Waals surface area contributed by atoms with Gasteiger partial charge in [-0.2, -0.15) is 0 Å². The van der Waals surface area contributed by atoms with E-state index in [0.717, 1.165) is 12.8 Å². The molecular weight excluding hydrogens is 180 g/mol. The summed E-state index contributed by atoms with van der Waals surface area (Å²) in [6, 6.07) is 0.